The smallest absolute Gasteiger partial charge is 0.399 e. The van der Waals surface area contributed by atoms with Crippen LogP contribution in [0.2, 0.25) is 0 Å². The summed E-state index contributed by atoms with van der Waals surface area (Å²) in [5.41, 5.74) is 8.83. The van der Waals surface area contributed by atoms with Crippen LogP contribution in [0.1, 0.15) is 68.5 Å². The van der Waals surface area contributed by atoms with E-state index in [2.05, 4.69) is 185 Å². The lowest BCUT2D eigenvalue weighted by Crippen LogP contribution is -2.41. The van der Waals surface area contributed by atoms with Gasteiger partial charge in [-0.2, -0.15) is 0 Å². The van der Waals surface area contributed by atoms with Crippen LogP contribution in [0.15, 0.2) is 285 Å². The molecule has 0 spiro atoms. The monoisotopic (exact) mass is 1300 g/mol. The van der Waals surface area contributed by atoms with Gasteiger partial charge in [0.05, 0.1) is 48.8 Å². The van der Waals surface area contributed by atoms with E-state index in [1.54, 1.807) is 6.20 Å². The van der Waals surface area contributed by atoms with E-state index < -0.39 is 39.2 Å². The number of nitrogens with zero attached hydrogens (tertiary/aromatic N) is 10. The largest absolute Gasteiger partial charge is 0.503 e. The Morgan fingerprint density at radius 1 is 0.426 bits per heavy atom. The van der Waals surface area contributed by atoms with E-state index in [1.807, 2.05) is 125 Å². The Labute approximate surface area is 554 Å². The molecule has 19 heteroatoms. The molecule has 6 aromatic carbocycles. The molecule has 1 saturated heterocycles. The molecule has 0 amide bonds. The van der Waals surface area contributed by atoms with Gasteiger partial charge in [-0.15, -0.1) is 0 Å². The van der Waals surface area contributed by atoms with Crippen LogP contribution in [0.5, 0.6) is 0 Å². The van der Waals surface area contributed by atoms with Gasteiger partial charge in [-0.1, -0.05) is 189 Å². The summed E-state index contributed by atoms with van der Waals surface area (Å²) in [7, 11) is -0.760. The molecule has 0 bridgehead atoms. The maximum Gasteiger partial charge on any atom is 0.503 e. The standard InChI is InChI=1S/C34H23N5O2.C29H20BrN3.C11H15BN2O4.CH4.B/c40-39(41)32-19-21-36-23-29(32)30-17-16-27-28-22-35-20-18-31(28)38(33(27)37-30)34(24-10-4-1-5-11-24,25-12-6-2-7-13-25)26-14-8-3-9-15-26;30-27-17-16-24-25-20-31-19-18-26(25)33(28(24)32-27)29(21-10-4-1-5-11-21,22-12-6-2-7-13-22)23-14-8-3-9-15-23;1-10(2)11(3,4)18-12(17-10)8-7-13-6-5-9(8)14(15)16;;/h1-23H;1-20H;5-7H,1-4H3;1H4;. The van der Waals surface area contributed by atoms with E-state index in [0.717, 1.165) is 59.5 Å². The number of halogens is 1. The first-order valence-electron chi connectivity index (χ1n) is 29.8. The maximum atomic E-state index is 11.9. The van der Waals surface area contributed by atoms with E-state index >= 15 is 0 Å². The topological polar surface area (TPSA) is 192 Å². The van der Waals surface area contributed by atoms with Gasteiger partial charge in [-0.25, -0.2) is 9.97 Å². The van der Waals surface area contributed by atoms with Gasteiger partial charge in [0.15, 0.2) is 0 Å². The van der Waals surface area contributed by atoms with Crippen LogP contribution in [0.25, 0.3) is 55.1 Å². The minimum absolute atomic E-state index is 0. The molecular weight excluding hydrogens is 1240 g/mol. The van der Waals surface area contributed by atoms with Gasteiger partial charge in [0.25, 0.3) is 11.4 Å². The van der Waals surface area contributed by atoms with Crippen molar-refractivity contribution >= 4 is 92.2 Å². The molecule has 1 aliphatic rings. The predicted octanol–water partition coefficient (Wildman–Crippen LogP) is 16.1. The SMILES string of the molecule is Brc1ccc2c3cnccc3n(C(c3ccccc3)(c3ccccc3)c3ccccc3)c2n1.C.CC1(C)OB(c2cnccc2[N+](=O)[O-])OC1(C)C.O=[N+]([O-])c1ccncc1-c1ccc2c3cnccc3n(C(c3ccccc3)(c3ccccc3)c3ccccc3)c2n1.[B]. The highest BCUT2D eigenvalue weighted by Gasteiger charge is 2.53. The zero-order chi connectivity index (χ0) is 63.6. The van der Waals surface area contributed by atoms with Crippen molar-refractivity contribution in [3.63, 3.8) is 0 Å². The minimum Gasteiger partial charge on any atom is -0.399 e. The van der Waals surface area contributed by atoms with Crippen molar-refractivity contribution < 1.29 is 19.2 Å². The zero-order valence-corrected chi connectivity index (χ0v) is 52.6. The van der Waals surface area contributed by atoms with Crippen molar-refractivity contribution in [2.45, 2.75) is 57.4 Å². The molecule has 0 aliphatic carbocycles. The number of pyridine rings is 6. The number of hydrogen-bond donors (Lipinski definition) is 0. The summed E-state index contributed by atoms with van der Waals surface area (Å²) in [6.07, 6.45) is 13.2. The number of hydrogen-bond acceptors (Lipinski definition) is 12. The predicted molar refractivity (Wildman–Crippen MR) is 376 cm³/mol. The summed E-state index contributed by atoms with van der Waals surface area (Å²) in [5, 5.41) is 26.9. The lowest BCUT2D eigenvalue weighted by molar-refractivity contribution is -0.384. The maximum absolute atomic E-state index is 11.9. The third kappa shape index (κ3) is 11.4. The van der Waals surface area contributed by atoms with Crippen LogP contribution in [0.4, 0.5) is 11.4 Å². The second-order valence-electron chi connectivity index (χ2n) is 23.1. The first-order valence-corrected chi connectivity index (χ1v) is 30.6. The molecule has 16 nitrogen and oxygen atoms in total. The molecule has 0 atom stereocenters. The lowest BCUT2D eigenvalue weighted by Gasteiger charge is -2.38. The fourth-order valence-electron chi connectivity index (χ4n) is 12.6. The normalized spacial score (nSPS) is 13.2. The molecule has 1 aliphatic heterocycles. The highest BCUT2D eigenvalue weighted by molar-refractivity contribution is 9.10. The molecule has 461 valence electrons. The summed E-state index contributed by atoms with van der Waals surface area (Å²) in [6, 6.07) is 77.9. The summed E-state index contributed by atoms with van der Waals surface area (Å²) >= 11 is 3.62. The highest BCUT2D eigenvalue weighted by Crippen LogP contribution is 2.48. The fourth-order valence-corrected chi connectivity index (χ4v) is 12.9. The van der Waals surface area contributed by atoms with Gasteiger partial charge in [0.1, 0.15) is 27.0 Å². The molecule has 9 heterocycles. The van der Waals surface area contributed by atoms with Gasteiger partial charge in [0.2, 0.25) is 0 Å². The number of rotatable bonds is 12. The van der Waals surface area contributed by atoms with Crippen LogP contribution in [0.3, 0.4) is 0 Å². The Morgan fingerprint density at radius 2 is 0.766 bits per heavy atom. The zero-order valence-electron chi connectivity index (χ0n) is 51.0. The van der Waals surface area contributed by atoms with Gasteiger partial charge in [-0.3, -0.25) is 40.2 Å². The van der Waals surface area contributed by atoms with Gasteiger partial charge in [-0.05, 0) is 113 Å². The van der Waals surface area contributed by atoms with Crippen molar-refractivity contribution in [3.8, 4) is 11.3 Å². The van der Waals surface area contributed by atoms with Crippen molar-refractivity contribution in [1.82, 2.24) is 39.0 Å². The Kier molecular flexibility index (Phi) is 18.4. The second-order valence-corrected chi connectivity index (χ2v) is 23.9. The van der Waals surface area contributed by atoms with Crippen molar-refractivity contribution in [2.75, 3.05) is 0 Å². The third-order valence-electron chi connectivity index (χ3n) is 17.4. The van der Waals surface area contributed by atoms with E-state index in [0.29, 0.717) is 22.4 Å². The van der Waals surface area contributed by atoms with Crippen LogP contribution >= 0.6 is 15.9 Å². The first kappa shape index (κ1) is 64.7. The summed E-state index contributed by atoms with van der Waals surface area (Å²) in [4.78, 5) is 49.2. The minimum atomic E-state index is -0.836. The Balaban J connectivity index is 0.000000153. The molecular formula is C75H62B2BrN10O6. The van der Waals surface area contributed by atoms with Crippen LogP contribution < -0.4 is 5.46 Å². The van der Waals surface area contributed by atoms with E-state index in [9.17, 15) is 20.2 Å². The number of nitro groups is 2. The number of aromatic nitrogens is 8. The Hall–Kier alpha value is -10.9. The quantitative estimate of drug-likeness (QED) is 0.0370. The fraction of sp³-hybridized carbons (Fsp3) is 0.120. The molecule has 0 saturated carbocycles. The molecule has 1 fully saturated rings. The highest BCUT2D eigenvalue weighted by atomic mass is 79.9. The van der Waals surface area contributed by atoms with E-state index in [-0.39, 0.29) is 27.2 Å². The average Bonchev–Trinajstić information content (AvgIpc) is 1.47. The van der Waals surface area contributed by atoms with Crippen LogP contribution in [0, 0.1) is 20.2 Å². The lowest BCUT2D eigenvalue weighted by atomic mass is 9.76. The molecule has 14 aromatic rings. The van der Waals surface area contributed by atoms with Crippen molar-refractivity contribution in [1.29, 1.82) is 0 Å². The number of benzene rings is 6. The number of fused-ring (bicyclic) bond motifs is 6. The molecule has 0 unspecified atom stereocenters. The Morgan fingerprint density at radius 3 is 1.16 bits per heavy atom. The van der Waals surface area contributed by atoms with E-state index in [4.69, 9.17) is 19.3 Å². The molecule has 3 radical (unpaired) electrons. The summed E-state index contributed by atoms with van der Waals surface area (Å²) < 4.78 is 17.0. The Bertz CT molecular complexity index is 4790. The van der Waals surface area contributed by atoms with Crippen LogP contribution in [-0.4, -0.2) is 75.6 Å². The van der Waals surface area contributed by atoms with Crippen LogP contribution in [-0.2, 0) is 20.4 Å². The van der Waals surface area contributed by atoms with Gasteiger partial charge < -0.3 is 18.4 Å². The second kappa shape index (κ2) is 26.8. The van der Waals surface area contributed by atoms with Crippen molar-refractivity contribution in [3.05, 3.63) is 338 Å². The van der Waals surface area contributed by atoms with Crippen molar-refractivity contribution in [2.24, 2.45) is 0 Å². The molecule has 0 N–H and O–H groups in total. The average molecular weight is 1300 g/mol. The van der Waals surface area contributed by atoms with E-state index in [1.165, 1.54) is 53.6 Å². The summed E-state index contributed by atoms with van der Waals surface area (Å²) in [6.45, 7) is 7.59. The molecule has 8 aromatic heterocycles. The first-order chi connectivity index (χ1) is 44.7. The van der Waals surface area contributed by atoms with Gasteiger partial charge in [0, 0.05) is 91.7 Å². The third-order valence-corrected chi connectivity index (χ3v) is 17.9. The summed E-state index contributed by atoms with van der Waals surface area (Å²) in [5.74, 6) is 0. The molecule has 94 heavy (non-hydrogen) atoms. The van der Waals surface area contributed by atoms with Gasteiger partial charge >= 0.3 is 7.12 Å². The molecule has 15 rings (SSSR count).